The van der Waals surface area contributed by atoms with Crippen LogP contribution in [0.15, 0.2) is 24.3 Å². The Morgan fingerprint density at radius 3 is 2.55 bits per heavy atom. The molecule has 0 aliphatic carbocycles. The van der Waals surface area contributed by atoms with E-state index in [1.165, 1.54) is 70.3 Å². The maximum atomic E-state index is 13.1. The van der Waals surface area contributed by atoms with E-state index in [2.05, 4.69) is 14.7 Å². The fourth-order valence-corrected chi connectivity index (χ4v) is 5.27. The number of fused-ring (bicyclic) bond motifs is 1. The lowest BCUT2D eigenvalue weighted by atomic mass is 9.91. The standard InChI is InChI=1S/C24H38FN3O/c25-23-8-5-21(6-9-23)17-27-14-15-28-18-22(7-10-24(28)19-27)20-29-16-4-13-26-11-2-1-3-12-26/h5-6,8-9,22,24H,1-4,7,10-20H2/t22-,24-/m1/s1. The number of piperazine rings is 1. The Bertz CT molecular complexity index is 605. The zero-order valence-electron chi connectivity index (χ0n) is 17.9. The van der Waals surface area contributed by atoms with Crippen LogP contribution in [0.5, 0.6) is 0 Å². The molecule has 0 radical (unpaired) electrons. The maximum Gasteiger partial charge on any atom is 0.123 e. The Kier molecular flexibility index (Phi) is 7.94. The molecule has 0 bridgehead atoms. The predicted molar refractivity (Wildman–Crippen MR) is 115 cm³/mol. The molecule has 3 fully saturated rings. The molecule has 2 atom stereocenters. The number of hydrogen-bond acceptors (Lipinski definition) is 4. The lowest BCUT2D eigenvalue weighted by Gasteiger charge is -2.46. The minimum atomic E-state index is -0.148. The van der Waals surface area contributed by atoms with E-state index < -0.39 is 0 Å². The average Bonchev–Trinajstić information content (AvgIpc) is 2.76. The van der Waals surface area contributed by atoms with Gasteiger partial charge in [0.25, 0.3) is 0 Å². The fraction of sp³-hybridized carbons (Fsp3) is 0.750. The van der Waals surface area contributed by atoms with Crippen LogP contribution in [0.4, 0.5) is 4.39 Å². The van der Waals surface area contributed by atoms with E-state index in [-0.39, 0.29) is 5.82 Å². The summed E-state index contributed by atoms with van der Waals surface area (Å²) in [5.74, 6) is 0.551. The second-order valence-corrected chi connectivity index (χ2v) is 9.28. The van der Waals surface area contributed by atoms with E-state index in [0.29, 0.717) is 12.0 Å². The molecule has 0 unspecified atom stereocenters. The molecule has 0 aromatic heterocycles. The van der Waals surface area contributed by atoms with Gasteiger partial charge in [-0.1, -0.05) is 18.6 Å². The summed E-state index contributed by atoms with van der Waals surface area (Å²) in [5, 5.41) is 0. The minimum absolute atomic E-state index is 0.148. The van der Waals surface area contributed by atoms with Crippen molar-refractivity contribution in [3.63, 3.8) is 0 Å². The summed E-state index contributed by atoms with van der Waals surface area (Å²) in [6.45, 7) is 11.2. The summed E-state index contributed by atoms with van der Waals surface area (Å²) in [7, 11) is 0. The zero-order valence-corrected chi connectivity index (χ0v) is 17.9. The lowest BCUT2D eigenvalue weighted by Crippen LogP contribution is -2.56. The first-order valence-electron chi connectivity index (χ1n) is 11.8. The highest BCUT2D eigenvalue weighted by atomic mass is 19.1. The fourth-order valence-electron chi connectivity index (χ4n) is 5.27. The van der Waals surface area contributed by atoms with Crippen LogP contribution >= 0.6 is 0 Å². The first kappa shape index (κ1) is 21.2. The van der Waals surface area contributed by atoms with Gasteiger partial charge in [0.15, 0.2) is 0 Å². The molecule has 0 saturated carbocycles. The second-order valence-electron chi connectivity index (χ2n) is 9.28. The van der Waals surface area contributed by atoms with Gasteiger partial charge >= 0.3 is 0 Å². The number of likely N-dealkylation sites (tertiary alicyclic amines) is 1. The van der Waals surface area contributed by atoms with E-state index in [1.807, 2.05) is 12.1 Å². The molecule has 5 heteroatoms. The molecular weight excluding hydrogens is 365 g/mol. The first-order chi connectivity index (χ1) is 14.3. The van der Waals surface area contributed by atoms with Crippen molar-refractivity contribution in [2.45, 2.75) is 51.1 Å². The molecule has 0 amide bonds. The second kappa shape index (κ2) is 10.9. The zero-order chi connectivity index (χ0) is 19.9. The molecular formula is C24H38FN3O. The molecule has 1 aromatic rings. The van der Waals surface area contributed by atoms with Crippen molar-refractivity contribution in [2.24, 2.45) is 5.92 Å². The molecule has 162 valence electrons. The molecule has 3 saturated heterocycles. The molecule has 3 aliphatic heterocycles. The van der Waals surface area contributed by atoms with Crippen LogP contribution < -0.4 is 0 Å². The van der Waals surface area contributed by atoms with E-state index in [0.717, 1.165) is 39.4 Å². The summed E-state index contributed by atoms with van der Waals surface area (Å²) < 4.78 is 19.2. The van der Waals surface area contributed by atoms with Crippen LogP contribution in [0.3, 0.4) is 0 Å². The Balaban J connectivity index is 1.11. The van der Waals surface area contributed by atoms with Gasteiger partial charge in [-0.3, -0.25) is 9.80 Å². The quantitative estimate of drug-likeness (QED) is 0.617. The molecule has 0 N–H and O–H groups in total. The number of hydrogen-bond donors (Lipinski definition) is 0. The van der Waals surface area contributed by atoms with Gasteiger partial charge in [0.2, 0.25) is 0 Å². The van der Waals surface area contributed by atoms with Gasteiger partial charge in [-0.15, -0.1) is 0 Å². The minimum Gasteiger partial charge on any atom is -0.381 e. The normalized spacial score (nSPS) is 27.1. The van der Waals surface area contributed by atoms with Crippen LogP contribution in [0.1, 0.15) is 44.1 Å². The number of rotatable bonds is 8. The van der Waals surface area contributed by atoms with Gasteiger partial charge in [-0.05, 0) is 68.8 Å². The molecule has 3 aliphatic rings. The predicted octanol–water partition coefficient (Wildman–Crippen LogP) is 3.61. The van der Waals surface area contributed by atoms with Crippen LogP contribution in [-0.4, -0.2) is 79.8 Å². The van der Waals surface area contributed by atoms with Crippen molar-refractivity contribution < 1.29 is 9.13 Å². The van der Waals surface area contributed by atoms with Crippen LogP contribution in [-0.2, 0) is 11.3 Å². The van der Waals surface area contributed by atoms with Gasteiger partial charge < -0.3 is 9.64 Å². The summed E-state index contributed by atoms with van der Waals surface area (Å²) >= 11 is 0. The first-order valence-corrected chi connectivity index (χ1v) is 11.8. The summed E-state index contributed by atoms with van der Waals surface area (Å²) in [5.41, 5.74) is 1.21. The van der Waals surface area contributed by atoms with Crippen molar-refractivity contribution in [1.82, 2.24) is 14.7 Å². The number of piperidine rings is 2. The van der Waals surface area contributed by atoms with Crippen molar-refractivity contribution in [1.29, 1.82) is 0 Å². The monoisotopic (exact) mass is 403 g/mol. The Morgan fingerprint density at radius 1 is 0.897 bits per heavy atom. The van der Waals surface area contributed by atoms with Crippen LogP contribution in [0.2, 0.25) is 0 Å². The number of halogens is 1. The molecule has 29 heavy (non-hydrogen) atoms. The number of nitrogens with zero attached hydrogens (tertiary/aromatic N) is 3. The van der Waals surface area contributed by atoms with Crippen LogP contribution in [0.25, 0.3) is 0 Å². The van der Waals surface area contributed by atoms with Crippen molar-refractivity contribution in [3.05, 3.63) is 35.6 Å². The third kappa shape index (κ3) is 6.48. The summed E-state index contributed by atoms with van der Waals surface area (Å²) in [6.07, 6.45) is 7.91. The summed E-state index contributed by atoms with van der Waals surface area (Å²) in [6, 6.07) is 7.66. The highest BCUT2D eigenvalue weighted by Gasteiger charge is 2.32. The van der Waals surface area contributed by atoms with E-state index in [4.69, 9.17) is 4.74 Å². The highest BCUT2D eigenvalue weighted by molar-refractivity contribution is 5.16. The highest BCUT2D eigenvalue weighted by Crippen LogP contribution is 2.26. The van der Waals surface area contributed by atoms with Crippen molar-refractivity contribution in [3.8, 4) is 0 Å². The van der Waals surface area contributed by atoms with E-state index in [9.17, 15) is 4.39 Å². The smallest absolute Gasteiger partial charge is 0.123 e. The topological polar surface area (TPSA) is 19.0 Å². The lowest BCUT2D eigenvalue weighted by molar-refractivity contribution is -0.00316. The molecule has 4 rings (SSSR count). The summed E-state index contributed by atoms with van der Waals surface area (Å²) in [4.78, 5) is 7.82. The Labute approximate surface area is 176 Å². The van der Waals surface area contributed by atoms with Crippen LogP contribution in [0, 0.1) is 11.7 Å². The Hall–Kier alpha value is -1.01. The maximum absolute atomic E-state index is 13.1. The largest absolute Gasteiger partial charge is 0.381 e. The number of ether oxygens (including phenoxy) is 1. The van der Waals surface area contributed by atoms with Crippen molar-refractivity contribution in [2.75, 3.05) is 59.0 Å². The van der Waals surface area contributed by atoms with E-state index >= 15 is 0 Å². The van der Waals surface area contributed by atoms with Gasteiger partial charge in [0.1, 0.15) is 5.82 Å². The average molecular weight is 404 g/mol. The van der Waals surface area contributed by atoms with Gasteiger partial charge in [-0.25, -0.2) is 4.39 Å². The van der Waals surface area contributed by atoms with Gasteiger partial charge in [-0.2, -0.15) is 0 Å². The van der Waals surface area contributed by atoms with Gasteiger partial charge in [0, 0.05) is 51.9 Å². The van der Waals surface area contributed by atoms with E-state index in [1.54, 1.807) is 12.1 Å². The third-order valence-corrected chi connectivity index (χ3v) is 6.97. The molecule has 1 aromatic carbocycles. The SMILES string of the molecule is Fc1ccc(CN2CCN3C[C@H](COCCCN4CCCCC4)CC[C@@H]3C2)cc1. The van der Waals surface area contributed by atoms with Crippen molar-refractivity contribution >= 4 is 0 Å². The number of benzene rings is 1. The third-order valence-electron chi connectivity index (χ3n) is 6.97. The molecule has 4 nitrogen and oxygen atoms in total. The van der Waals surface area contributed by atoms with Gasteiger partial charge in [0.05, 0.1) is 6.61 Å². The molecule has 3 heterocycles. The molecule has 0 spiro atoms. The Morgan fingerprint density at radius 2 is 1.72 bits per heavy atom.